The summed E-state index contributed by atoms with van der Waals surface area (Å²) in [4.78, 5) is 54.1. The Hall–Kier alpha value is -4.47. The third-order valence-electron chi connectivity index (χ3n) is 6.48. The fraction of sp³-hybridized carbons (Fsp3) is 0.0909. The van der Waals surface area contributed by atoms with Crippen molar-refractivity contribution in [3.05, 3.63) is 130 Å². The predicted molar refractivity (Wildman–Crippen MR) is 169 cm³/mol. The van der Waals surface area contributed by atoms with Gasteiger partial charge in [-0.1, -0.05) is 70.0 Å². The molecule has 9 heteroatoms. The highest BCUT2D eigenvalue weighted by molar-refractivity contribution is 9.10. The predicted octanol–water partition coefficient (Wildman–Crippen LogP) is 6.59. The number of amides is 4. The smallest absolute Gasteiger partial charge is 0.272 e. The maximum absolute atomic E-state index is 13.4. The van der Waals surface area contributed by atoms with Gasteiger partial charge >= 0.3 is 0 Å². The summed E-state index contributed by atoms with van der Waals surface area (Å²) >= 11 is 4.64. The van der Waals surface area contributed by atoms with Gasteiger partial charge in [-0.25, -0.2) is 4.90 Å². The monoisotopic (exact) mass is 639 g/mol. The molecule has 1 fully saturated rings. The third-order valence-corrected chi connectivity index (χ3v) is 8.19. The lowest BCUT2D eigenvalue weighted by Gasteiger charge is -2.15. The number of rotatable bonds is 8. The number of nitrogens with one attached hydrogen (secondary N) is 2. The van der Waals surface area contributed by atoms with Gasteiger partial charge in [0, 0.05) is 27.0 Å². The van der Waals surface area contributed by atoms with E-state index in [4.69, 9.17) is 0 Å². The molecular weight excluding hydrogens is 614 g/mol. The minimum Gasteiger partial charge on any atom is -0.321 e. The number of carbonyl (C=O) groups is 4. The minimum atomic E-state index is -0.589. The first-order chi connectivity index (χ1) is 20.3. The molecule has 7 nitrogen and oxygen atoms in total. The van der Waals surface area contributed by atoms with Crippen molar-refractivity contribution in [2.75, 3.05) is 10.2 Å². The highest BCUT2D eigenvalue weighted by atomic mass is 79.9. The summed E-state index contributed by atoms with van der Waals surface area (Å²) in [5.74, 6) is -1.46. The summed E-state index contributed by atoms with van der Waals surface area (Å²) in [7, 11) is 0. The fourth-order valence-electron chi connectivity index (χ4n) is 4.34. The summed E-state index contributed by atoms with van der Waals surface area (Å²) in [6, 6.07) is 30.3. The number of nitrogens with zero attached hydrogens (tertiary/aromatic N) is 1. The Morgan fingerprint density at radius 3 is 2.33 bits per heavy atom. The van der Waals surface area contributed by atoms with Gasteiger partial charge in [-0.15, -0.1) is 11.8 Å². The van der Waals surface area contributed by atoms with E-state index in [9.17, 15) is 19.2 Å². The fourth-order valence-corrected chi connectivity index (χ4v) is 5.72. The Kier molecular flexibility index (Phi) is 9.00. The van der Waals surface area contributed by atoms with E-state index in [1.165, 1.54) is 16.7 Å². The lowest BCUT2D eigenvalue weighted by molar-refractivity contribution is -0.121. The first-order valence-corrected chi connectivity index (χ1v) is 14.8. The van der Waals surface area contributed by atoms with Crippen molar-refractivity contribution in [1.29, 1.82) is 0 Å². The van der Waals surface area contributed by atoms with Crippen LogP contribution in [0.4, 0.5) is 11.4 Å². The van der Waals surface area contributed by atoms with E-state index in [1.54, 1.807) is 72.8 Å². The van der Waals surface area contributed by atoms with Crippen LogP contribution in [0.25, 0.3) is 6.08 Å². The van der Waals surface area contributed by atoms with Crippen LogP contribution in [0, 0.1) is 6.92 Å². The minimum absolute atomic E-state index is 0.0745. The summed E-state index contributed by atoms with van der Waals surface area (Å²) < 4.78 is 0.853. The van der Waals surface area contributed by atoms with Crippen LogP contribution in [0.5, 0.6) is 0 Å². The Morgan fingerprint density at radius 1 is 0.905 bits per heavy atom. The summed E-state index contributed by atoms with van der Waals surface area (Å²) in [6.45, 7) is 1.97. The van der Waals surface area contributed by atoms with E-state index in [2.05, 4.69) is 26.6 Å². The van der Waals surface area contributed by atoms with Crippen LogP contribution in [0.3, 0.4) is 0 Å². The molecule has 5 rings (SSSR count). The first kappa shape index (κ1) is 29.0. The van der Waals surface area contributed by atoms with E-state index < -0.39 is 17.1 Å². The van der Waals surface area contributed by atoms with Crippen LogP contribution >= 0.6 is 27.7 Å². The van der Waals surface area contributed by atoms with Gasteiger partial charge in [0.2, 0.25) is 11.8 Å². The second-order valence-electron chi connectivity index (χ2n) is 9.63. The van der Waals surface area contributed by atoms with Crippen molar-refractivity contribution in [2.45, 2.75) is 23.5 Å². The zero-order valence-corrected chi connectivity index (χ0v) is 24.9. The molecule has 0 bridgehead atoms. The van der Waals surface area contributed by atoms with Crippen molar-refractivity contribution in [3.63, 3.8) is 0 Å². The molecule has 0 aromatic heterocycles. The third kappa shape index (κ3) is 7.05. The molecule has 4 aromatic carbocycles. The first-order valence-electron chi connectivity index (χ1n) is 13.1. The normalized spacial score (nSPS) is 15.0. The number of halogens is 1. The van der Waals surface area contributed by atoms with E-state index >= 15 is 0 Å². The lowest BCUT2D eigenvalue weighted by Crippen LogP contribution is -2.31. The molecule has 0 aliphatic carbocycles. The largest absolute Gasteiger partial charge is 0.321 e. The van der Waals surface area contributed by atoms with Crippen LogP contribution in [0.1, 0.15) is 27.9 Å². The molecule has 4 aromatic rings. The van der Waals surface area contributed by atoms with Crippen molar-refractivity contribution < 1.29 is 19.2 Å². The van der Waals surface area contributed by atoms with Crippen LogP contribution in [0.15, 0.2) is 118 Å². The van der Waals surface area contributed by atoms with Gasteiger partial charge in [0.05, 0.1) is 10.9 Å². The Labute approximate surface area is 256 Å². The molecule has 4 amide bonds. The van der Waals surface area contributed by atoms with E-state index in [-0.39, 0.29) is 23.9 Å². The molecule has 42 heavy (non-hydrogen) atoms. The zero-order valence-electron chi connectivity index (χ0n) is 22.5. The SMILES string of the molecule is Cc1ccc(C=C(NC(=O)c2ccccc2)C(=O)Nc2cccc(SC3CC(=O)N(c4ccc(Br)cc4)C3=O)c2)cc1. The van der Waals surface area contributed by atoms with Gasteiger partial charge in [0.25, 0.3) is 11.8 Å². The number of anilines is 2. The number of aryl methyl sites for hydroxylation is 1. The van der Waals surface area contributed by atoms with Crippen molar-refractivity contribution >= 4 is 68.8 Å². The number of benzene rings is 4. The van der Waals surface area contributed by atoms with Crippen molar-refractivity contribution in [3.8, 4) is 0 Å². The molecule has 210 valence electrons. The molecule has 0 spiro atoms. The molecule has 1 saturated heterocycles. The van der Waals surface area contributed by atoms with Gasteiger partial charge in [-0.3, -0.25) is 19.2 Å². The molecular formula is C33H26BrN3O4S. The molecule has 0 radical (unpaired) electrons. The number of thioether (sulfide) groups is 1. The van der Waals surface area contributed by atoms with Gasteiger partial charge in [0.1, 0.15) is 5.70 Å². The second-order valence-corrected chi connectivity index (χ2v) is 11.8. The standard InChI is InChI=1S/C33H26BrN3O4S/c1-21-10-12-22(13-11-21)18-28(36-31(39)23-6-3-2-4-7-23)32(40)35-25-8-5-9-27(19-25)42-29-20-30(38)37(33(29)41)26-16-14-24(34)15-17-26/h2-19,29H,20H2,1H3,(H,35,40)(H,36,39). The average Bonchev–Trinajstić information content (AvgIpc) is 3.26. The Balaban J connectivity index is 1.32. The zero-order chi connectivity index (χ0) is 29.6. The molecule has 1 atom stereocenters. The Bertz CT molecular complexity index is 1670. The highest BCUT2D eigenvalue weighted by Gasteiger charge is 2.40. The quantitative estimate of drug-likeness (QED) is 0.167. The van der Waals surface area contributed by atoms with E-state index in [0.717, 1.165) is 15.6 Å². The van der Waals surface area contributed by atoms with Gasteiger partial charge in [0.15, 0.2) is 0 Å². The lowest BCUT2D eigenvalue weighted by atomic mass is 10.1. The topological polar surface area (TPSA) is 95.6 Å². The molecule has 0 saturated carbocycles. The molecule has 1 aliphatic heterocycles. The van der Waals surface area contributed by atoms with Crippen molar-refractivity contribution in [2.24, 2.45) is 0 Å². The highest BCUT2D eigenvalue weighted by Crippen LogP contribution is 2.35. The van der Waals surface area contributed by atoms with Crippen molar-refractivity contribution in [1.82, 2.24) is 5.32 Å². The average molecular weight is 641 g/mol. The molecule has 1 unspecified atom stereocenters. The second kappa shape index (κ2) is 13.0. The summed E-state index contributed by atoms with van der Waals surface area (Å²) in [5, 5.41) is 5.00. The van der Waals surface area contributed by atoms with Gasteiger partial charge in [-0.2, -0.15) is 0 Å². The summed E-state index contributed by atoms with van der Waals surface area (Å²) in [6.07, 6.45) is 1.69. The van der Waals surface area contributed by atoms with Crippen LogP contribution < -0.4 is 15.5 Å². The number of carbonyl (C=O) groups excluding carboxylic acids is 4. The molecule has 2 N–H and O–H groups in total. The summed E-state index contributed by atoms with van der Waals surface area (Å²) in [5.41, 5.74) is 3.34. The number of hydrogen-bond acceptors (Lipinski definition) is 5. The van der Waals surface area contributed by atoms with Gasteiger partial charge < -0.3 is 10.6 Å². The number of imide groups is 1. The van der Waals surface area contributed by atoms with Crippen LogP contribution in [-0.2, 0) is 14.4 Å². The maximum atomic E-state index is 13.4. The van der Waals surface area contributed by atoms with Gasteiger partial charge in [-0.05, 0) is 73.2 Å². The van der Waals surface area contributed by atoms with E-state index in [1.807, 2.05) is 43.3 Å². The molecule has 1 heterocycles. The van der Waals surface area contributed by atoms with Crippen LogP contribution in [-0.4, -0.2) is 28.9 Å². The maximum Gasteiger partial charge on any atom is 0.272 e. The Morgan fingerprint density at radius 2 is 1.62 bits per heavy atom. The molecule has 1 aliphatic rings. The number of hydrogen-bond donors (Lipinski definition) is 2. The van der Waals surface area contributed by atoms with E-state index in [0.29, 0.717) is 21.8 Å². The van der Waals surface area contributed by atoms with Crippen LogP contribution in [0.2, 0.25) is 0 Å².